The van der Waals surface area contributed by atoms with Crippen molar-refractivity contribution < 1.29 is 18.7 Å². The molecule has 2 amide bonds. The molecule has 29 heavy (non-hydrogen) atoms. The zero-order chi connectivity index (χ0) is 20.8. The normalized spacial score (nSPS) is 13.2. The molecule has 1 fully saturated rings. The third kappa shape index (κ3) is 6.29. The molecule has 1 saturated carbocycles. The minimum Gasteiger partial charge on any atom is -0.497 e. The molecule has 0 saturated heterocycles. The smallest absolute Gasteiger partial charge is 0.243 e. The van der Waals surface area contributed by atoms with Gasteiger partial charge in [0.15, 0.2) is 0 Å². The number of nitrogens with zero attached hydrogens (tertiary/aromatic N) is 2. The van der Waals surface area contributed by atoms with E-state index in [1.54, 1.807) is 50.6 Å². The Bertz CT molecular complexity index is 853. The summed E-state index contributed by atoms with van der Waals surface area (Å²) in [6, 6.07) is 13.8. The van der Waals surface area contributed by atoms with E-state index in [9.17, 15) is 14.0 Å². The molecule has 7 heteroatoms. The Morgan fingerprint density at radius 3 is 2.52 bits per heavy atom. The monoisotopic (exact) mass is 399 g/mol. The van der Waals surface area contributed by atoms with E-state index >= 15 is 0 Å². The van der Waals surface area contributed by atoms with Crippen LogP contribution in [0.5, 0.6) is 5.75 Å². The van der Waals surface area contributed by atoms with Crippen LogP contribution in [0.15, 0.2) is 48.5 Å². The molecule has 0 radical (unpaired) electrons. The van der Waals surface area contributed by atoms with Crippen molar-refractivity contribution in [3.05, 3.63) is 59.9 Å². The zero-order valence-electron chi connectivity index (χ0n) is 16.7. The summed E-state index contributed by atoms with van der Waals surface area (Å²) in [5.41, 5.74) is 1.58. The number of hydrogen-bond acceptors (Lipinski definition) is 4. The Kier molecular flexibility index (Phi) is 6.82. The van der Waals surface area contributed by atoms with Crippen LogP contribution in [0.25, 0.3) is 0 Å². The van der Waals surface area contributed by atoms with Gasteiger partial charge in [-0.05, 0) is 42.7 Å². The topological polar surface area (TPSA) is 61.9 Å². The molecule has 3 rings (SSSR count). The highest BCUT2D eigenvalue weighted by atomic mass is 19.1. The lowest BCUT2D eigenvalue weighted by molar-refractivity contribution is -0.134. The summed E-state index contributed by atoms with van der Waals surface area (Å²) < 4.78 is 18.3. The standard InChI is InChI=1S/C22H26FN3O3/c1-25(14-21(27)24-18-4-3-5-20(12-18)29-2)22(28)15-26(19-10-11-19)13-16-6-8-17(23)9-7-16/h3-9,12,19H,10-11,13-15H2,1-2H3,(H,24,27). The van der Waals surface area contributed by atoms with E-state index in [0.717, 1.165) is 18.4 Å². The second-order valence-electron chi connectivity index (χ2n) is 7.29. The number of hydrogen-bond donors (Lipinski definition) is 1. The molecule has 0 bridgehead atoms. The van der Waals surface area contributed by atoms with Crippen LogP contribution < -0.4 is 10.1 Å². The summed E-state index contributed by atoms with van der Waals surface area (Å²) in [7, 11) is 3.18. The van der Waals surface area contributed by atoms with Crippen LogP contribution in [0.1, 0.15) is 18.4 Å². The van der Waals surface area contributed by atoms with Gasteiger partial charge < -0.3 is 15.0 Å². The molecule has 0 spiro atoms. The molecule has 2 aromatic carbocycles. The number of nitrogens with one attached hydrogen (secondary N) is 1. The van der Waals surface area contributed by atoms with Crippen LogP contribution in [0.4, 0.5) is 10.1 Å². The highest BCUT2D eigenvalue weighted by Crippen LogP contribution is 2.28. The number of anilines is 1. The molecule has 154 valence electrons. The number of ether oxygens (including phenoxy) is 1. The number of amides is 2. The maximum Gasteiger partial charge on any atom is 0.243 e. The van der Waals surface area contributed by atoms with Crippen LogP contribution >= 0.6 is 0 Å². The second kappa shape index (κ2) is 9.52. The molecule has 6 nitrogen and oxygen atoms in total. The lowest BCUT2D eigenvalue weighted by Gasteiger charge is -2.25. The summed E-state index contributed by atoms with van der Waals surface area (Å²) >= 11 is 0. The summed E-state index contributed by atoms with van der Waals surface area (Å²) in [5, 5.41) is 2.77. The average Bonchev–Trinajstić information content (AvgIpc) is 3.54. The van der Waals surface area contributed by atoms with Gasteiger partial charge in [0.2, 0.25) is 11.8 Å². The van der Waals surface area contributed by atoms with Crippen molar-refractivity contribution in [2.24, 2.45) is 0 Å². The van der Waals surface area contributed by atoms with Crippen LogP contribution in [-0.2, 0) is 16.1 Å². The summed E-state index contributed by atoms with van der Waals surface area (Å²) in [6.07, 6.45) is 2.10. The SMILES string of the molecule is COc1cccc(NC(=O)CN(C)C(=O)CN(Cc2ccc(F)cc2)C2CC2)c1. The largest absolute Gasteiger partial charge is 0.497 e. The Hall–Kier alpha value is -2.93. The maximum absolute atomic E-state index is 13.1. The van der Waals surface area contributed by atoms with Gasteiger partial charge in [-0.15, -0.1) is 0 Å². The van der Waals surface area contributed by atoms with E-state index in [1.807, 2.05) is 0 Å². The van der Waals surface area contributed by atoms with Crippen LogP contribution in [0, 0.1) is 5.82 Å². The third-order valence-electron chi connectivity index (χ3n) is 4.86. The fourth-order valence-corrected chi connectivity index (χ4v) is 3.08. The number of methoxy groups -OCH3 is 1. The van der Waals surface area contributed by atoms with Gasteiger partial charge in [-0.25, -0.2) is 4.39 Å². The molecule has 2 aromatic rings. The van der Waals surface area contributed by atoms with Crippen molar-refractivity contribution in [3.8, 4) is 5.75 Å². The van der Waals surface area contributed by atoms with Gasteiger partial charge in [0.05, 0.1) is 20.2 Å². The van der Waals surface area contributed by atoms with Gasteiger partial charge in [0.1, 0.15) is 11.6 Å². The van der Waals surface area contributed by atoms with Gasteiger partial charge in [-0.3, -0.25) is 14.5 Å². The van der Waals surface area contributed by atoms with Crippen LogP contribution in [0.2, 0.25) is 0 Å². The third-order valence-corrected chi connectivity index (χ3v) is 4.86. The first-order valence-electron chi connectivity index (χ1n) is 9.61. The van der Waals surface area contributed by atoms with E-state index in [4.69, 9.17) is 4.74 Å². The van der Waals surface area contributed by atoms with E-state index in [2.05, 4.69) is 10.2 Å². The van der Waals surface area contributed by atoms with E-state index in [1.165, 1.54) is 17.0 Å². The van der Waals surface area contributed by atoms with Gasteiger partial charge in [-0.1, -0.05) is 18.2 Å². The predicted octanol–water partition coefficient (Wildman–Crippen LogP) is 2.90. The molecule has 1 aliphatic carbocycles. The van der Waals surface area contributed by atoms with Gasteiger partial charge in [-0.2, -0.15) is 0 Å². The molecule has 0 unspecified atom stereocenters. The van der Waals surface area contributed by atoms with Gasteiger partial charge >= 0.3 is 0 Å². The lowest BCUT2D eigenvalue weighted by atomic mass is 10.2. The first-order chi connectivity index (χ1) is 13.9. The highest BCUT2D eigenvalue weighted by Gasteiger charge is 2.31. The van der Waals surface area contributed by atoms with E-state index in [0.29, 0.717) is 24.0 Å². The molecule has 1 aliphatic rings. The predicted molar refractivity (Wildman–Crippen MR) is 109 cm³/mol. The fraction of sp³-hybridized carbons (Fsp3) is 0.364. The Morgan fingerprint density at radius 2 is 1.86 bits per heavy atom. The van der Waals surface area contributed by atoms with Crippen LogP contribution in [-0.4, -0.2) is 54.9 Å². The minimum absolute atomic E-state index is 0.0366. The fourth-order valence-electron chi connectivity index (χ4n) is 3.08. The van der Waals surface area contributed by atoms with Crippen molar-refractivity contribution in [3.63, 3.8) is 0 Å². The average molecular weight is 399 g/mol. The number of likely N-dealkylation sites (N-methyl/N-ethyl adjacent to an activating group) is 1. The van der Waals surface area contributed by atoms with Gasteiger partial charge in [0.25, 0.3) is 0 Å². The molecular weight excluding hydrogens is 373 g/mol. The molecular formula is C22H26FN3O3. The minimum atomic E-state index is -0.274. The number of rotatable bonds is 9. The highest BCUT2D eigenvalue weighted by molar-refractivity contribution is 5.94. The number of carbonyl (C=O) groups excluding carboxylic acids is 2. The molecule has 0 aromatic heterocycles. The lowest BCUT2D eigenvalue weighted by Crippen LogP contribution is -2.42. The van der Waals surface area contributed by atoms with Crippen molar-refractivity contribution in [1.82, 2.24) is 9.80 Å². The van der Waals surface area contributed by atoms with Crippen molar-refractivity contribution in [2.45, 2.75) is 25.4 Å². The number of carbonyl (C=O) groups is 2. The first-order valence-corrected chi connectivity index (χ1v) is 9.61. The summed E-state index contributed by atoms with van der Waals surface area (Å²) in [5.74, 6) is -0.0249. The van der Waals surface area contributed by atoms with Crippen molar-refractivity contribution >= 4 is 17.5 Å². The zero-order valence-corrected chi connectivity index (χ0v) is 16.7. The molecule has 1 N–H and O–H groups in total. The second-order valence-corrected chi connectivity index (χ2v) is 7.29. The summed E-state index contributed by atoms with van der Waals surface area (Å²) in [6.45, 7) is 0.774. The van der Waals surface area contributed by atoms with Crippen molar-refractivity contribution in [2.75, 3.05) is 32.6 Å². The number of benzene rings is 2. The van der Waals surface area contributed by atoms with Gasteiger partial charge in [0, 0.05) is 31.4 Å². The molecule has 0 heterocycles. The first kappa shape index (κ1) is 20.8. The quantitative estimate of drug-likeness (QED) is 0.704. The Morgan fingerprint density at radius 1 is 1.14 bits per heavy atom. The van der Waals surface area contributed by atoms with E-state index in [-0.39, 0.29) is 30.7 Å². The maximum atomic E-state index is 13.1. The molecule has 0 aliphatic heterocycles. The van der Waals surface area contributed by atoms with Crippen LogP contribution in [0.3, 0.4) is 0 Å². The number of halogens is 1. The van der Waals surface area contributed by atoms with Crippen molar-refractivity contribution in [1.29, 1.82) is 0 Å². The Balaban J connectivity index is 1.52. The summed E-state index contributed by atoms with van der Waals surface area (Å²) in [4.78, 5) is 28.4. The van der Waals surface area contributed by atoms with E-state index < -0.39 is 0 Å². The Labute approximate surface area is 170 Å². The molecule has 0 atom stereocenters.